The van der Waals surface area contributed by atoms with Crippen molar-refractivity contribution in [1.29, 1.82) is 0 Å². The number of fused-ring (bicyclic) bond motifs is 7. The molecular formula is C43H37N5. The Morgan fingerprint density at radius 2 is 1.19 bits per heavy atom. The molecular weight excluding hydrogens is 587 g/mol. The van der Waals surface area contributed by atoms with Gasteiger partial charge in [-0.15, -0.1) is 0 Å². The third-order valence-electron chi connectivity index (χ3n) is 9.96. The second-order valence-corrected chi connectivity index (χ2v) is 14.0. The fourth-order valence-corrected chi connectivity index (χ4v) is 7.57. The average molecular weight is 624 g/mol. The van der Waals surface area contributed by atoms with E-state index in [9.17, 15) is 0 Å². The number of allylic oxidation sites excluding steroid dienone is 4. The SMILES string of the molecule is CC(C)(C)c1ccc(-n2c3c(c4ccccc42)CCc2c-3n(-c3nc(C4=CC=CCC4)nc(-c4ccccc4)n3)c3ccccc23)cc1. The molecule has 48 heavy (non-hydrogen) atoms. The monoisotopic (exact) mass is 623 g/mol. The molecule has 4 aromatic carbocycles. The maximum absolute atomic E-state index is 5.28. The Morgan fingerprint density at radius 3 is 1.83 bits per heavy atom. The lowest BCUT2D eigenvalue weighted by Gasteiger charge is -2.22. The van der Waals surface area contributed by atoms with Gasteiger partial charge in [-0.1, -0.05) is 118 Å². The fraction of sp³-hybridized carbons (Fsp3) is 0.186. The number of hydrogen-bond donors (Lipinski definition) is 0. The van der Waals surface area contributed by atoms with Gasteiger partial charge < -0.3 is 4.57 Å². The van der Waals surface area contributed by atoms with Crippen LogP contribution in [0.3, 0.4) is 0 Å². The van der Waals surface area contributed by atoms with Gasteiger partial charge in [0.2, 0.25) is 5.95 Å². The molecule has 2 aliphatic rings. The number of aryl methyl sites for hydroxylation is 2. The Morgan fingerprint density at radius 1 is 0.583 bits per heavy atom. The first-order chi connectivity index (χ1) is 23.5. The highest BCUT2D eigenvalue weighted by Crippen LogP contribution is 2.46. The molecule has 2 aliphatic carbocycles. The van der Waals surface area contributed by atoms with Crippen LogP contribution in [0.15, 0.2) is 121 Å². The number of nitrogens with zero attached hydrogens (tertiary/aromatic N) is 5. The summed E-state index contributed by atoms with van der Waals surface area (Å²) in [7, 11) is 0. The zero-order valence-corrected chi connectivity index (χ0v) is 27.6. The van der Waals surface area contributed by atoms with Crippen molar-refractivity contribution in [1.82, 2.24) is 24.1 Å². The van der Waals surface area contributed by atoms with Gasteiger partial charge in [0.25, 0.3) is 0 Å². The highest BCUT2D eigenvalue weighted by atomic mass is 15.2. The Labute approximate surface area is 281 Å². The van der Waals surface area contributed by atoms with Gasteiger partial charge in [-0.3, -0.25) is 4.57 Å². The summed E-state index contributed by atoms with van der Waals surface area (Å²) in [5.74, 6) is 2.08. The molecule has 9 rings (SSSR count). The van der Waals surface area contributed by atoms with Crippen molar-refractivity contribution >= 4 is 27.4 Å². The topological polar surface area (TPSA) is 48.5 Å². The molecule has 0 bridgehead atoms. The van der Waals surface area contributed by atoms with E-state index in [2.05, 4.69) is 133 Å². The van der Waals surface area contributed by atoms with Crippen molar-refractivity contribution in [3.05, 3.63) is 144 Å². The summed E-state index contributed by atoms with van der Waals surface area (Å²) in [6.07, 6.45) is 10.3. The fourth-order valence-electron chi connectivity index (χ4n) is 7.57. The zero-order chi connectivity index (χ0) is 32.4. The standard InChI is InChI=1S/C43H37N5/c1-43(2,3)30-22-24-31(25-23-30)47-36-20-12-10-18-32(36)34-26-27-35-33-19-11-13-21-37(33)48(39(35)38(34)47)42-45-40(28-14-6-4-7-15-28)44-41(46-42)29-16-8-5-9-17-29/h4-8,10-16,18-25H,9,17,26-27H2,1-3H3. The second-order valence-electron chi connectivity index (χ2n) is 14.0. The molecule has 5 nitrogen and oxygen atoms in total. The highest BCUT2D eigenvalue weighted by Gasteiger charge is 2.32. The third-order valence-corrected chi connectivity index (χ3v) is 9.96. The van der Waals surface area contributed by atoms with Crippen molar-refractivity contribution < 1.29 is 0 Å². The van der Waals surface area contributed by atoms with Gasteiger partial charge in [-0.25, -0.2) is 4.98 Å². The summed E-state index contributed by atoms with van der Waals surface area (Å²) in [4.78, 5) is 15.6. The first kappa shape index (κ1) is 28.7. The molecule has 0 amide bonds. The lowest BCUT2D eigenvalue weighted by Crippen LogP contribution is -2.14. The van der Waals surface area contributed by atoms with Crippen LogP contribution in [0.2, 0.25) is 0 Å². The van der Waals surface area contributed by atoms with Gasteiger partial charge in [-0.05, 0) is 77.6 Å². The van der Waals surface area contributed by atoms with Gasteiger partial charge in [0, 0.05) is 22.0 Å². The summed E-state index contributed by atoms with van der Waals surface area (Å²) in [6.45, 7) is 6.81. The van der Waals surface area contributed by atoms with Gasteiger partial charge >= 0.3 is 0 Å². The molecule has 0 unspecified atom stereocenters. The van der Waals surface area contributed by atoms with Crippen LogP contribution in [-0.2, 0) is 18.3 Å². The van der Waals surface area contributed by atoms with Crippen LogP contribution >= 0.6 is 0 Å². The molecule has 0 fully saturated rings. The van der Waals surface area contributed by atoms with Gasteiger partial charge in [0.15, 0.2) is 11.6 Å². The maximum atomic E-state index is 5.28. The van der Waals surface area contributed by atoms with E-state index in [0.29, 0.717) is 11.8 Å². The van der Waals surface area contributed by atoms with E-state index in [0.717, 1.165) is 53.8 Å². The Bertz CT molecular complexity index is 2410. The Kier molecular flexibility index (Phi) is 6.58. The molecule has 0 radical (unpaired) electrons. The normalized spacial score (nSPS) is 14.3. The number of hydrogen-bond acceptors (Lipinski definition) is 3. The minimum Gasteiger partial charge on any atom is -0.307 e. The van der Waals surface area contributed by atoms with E-state index in [1.165, 1.54) is 44.4 Å². The lowest BCUT2D eigenvalue weighted by molar-refractivity contribution is 0.590. The van der Waals surface area contributed by atoms with Crippen LogP contribution in [-0.4, -0.2) is 24.1 Å². The largest absolute Gasteiger partial charge is 0.307 e. The molecule has 7 aromatic rings. The quantitative estimate of drug-likeness (QED) is 0.196. The molecule has 3 aromatic heterocycles. The van der Waals surface area contributed by atoms with E-state index in [4.69, 9.17) is 15.0 Å². The molecule has 234 valence electrons. The van der Waals surface area contributed by atoms with Crippen molar-refractivity contribution in [3.8, 4) is 34.4 Å². The molecule has 0 saturated carbocycles. The smallest absolute Gasteiger partial charge is 0.238 e. The predicted molar refractivity (Wildman–Crippen MR) is 197 cm³/mol. The molecule has 0 aliphatic heterocycles. The third kappa shape index (κ3) is 4.56. The van der Waals surface area contributed by atoms with Crippen LogP contribution < -0.4 is 0 Å². The molecule has 0 saturated heterocycles. The van der Waals surface area contributed by atoms with Crippen molar-refractivity contribution in [2.75, 3.05) is 0 Å². The van der Waals surface area contributed by atoms with E-state index in [1.807, 2.05) is 18.2 Å². The van der Waals surface area contributed by atoms with Crippen LogP contribution in [0.25, 0.3) is 61.8 Å². The maximum Gasteiger partial charge on any atom is 0.238 e. The number of para-hydroxylation sites is 2. The van der Waals surface area contributed by atoms with E-state index < -0.39 is 0 Å². The number of rotatable bonds is 4. The number of benzene rings is 4. The Hall–Kier alpha value is -5.55. The van der Waals surface area contributed by atoms with Crippen LogP contribution in [0.5, 0.6) is 0 Å². The highest BCUT2D eigenvalue weighted by molar-refractivity contribution is 6.00. The first-order valence-electron chi connectivity index (χ1n) is 17.0. The minimum atomic E-state index is 0.0761. The van der Waals surface area contributed by atoms with E-state index >= 15 is 0 Å². The molecule has 0 spiro atoms. The zero-order valence-electron chi connectivity index (χ0n) is 27.6. The molecule has 5 heteroatoms. The predicted octanol–water partition coefficient (Wildman–Crippen LogP) is 10.2. The number of aromatic nitrogens is 5. The molecule has 0 atom stereocenters. The van der Waals surface area contributed by atoms with Gasteiger partial charge in [-0.2, -0.15) is 9.97 Å². The van der Waals surface area contributed by atoms with Gasteiger partial charge in [0.05, 0.1) is 22.4 Å². The van der Waals surface area contributed by atoms with Gasteiger partial charge in [0.1, 0.15) is 0 Å². The Balaban J connectivity index is 1.37. The van der Waals surface area contributed by atoms with E-state index in [1.54, 1.807) is 0 Å². The van der Waals surface area contributed by atoms with Crippen LogP contribution in [0, 0.1) is 0 Å². The lowest BCUT2D eigenvalue weighted by atomic mass is 9.87. The second kappa shape index (κ2) is 11.0. The minimum absolute atomic E-state index is 0.0761. The summed E-state index contributed by atoms with van der Waals surface area (Å²) in [6, 6.07) is 37.0. The first-order valence-corrected chi connectivity index (χ1v) is 17.0. The summed E-state index contributed by atoms with van der Waals surface area (Å²) in [5.41, 5.74) is 12.1. The van der Waals surface area contributed by atoms with Crippen LogP contribution in [0.1, 0.15) is 56.1 Å². The van der Waals surface area contributed by atoms with Crippen molar-refractivity contribution in [2.24, 2.45) is 0 Å². The summed E-state index contributed by atoms with van der Waals surface area (Å²) >= 11 is 0. The summed E-state index contributed by atoms with van der Waals surface area (Å²) < 4.78 is 4.79. The molecule has 0 N–H and O–H groups in total. The van der Waals surface area contributed by atoms with Crippen molar-refractivity contribution in [2.45, 2.75) is 51.9 Å². The van der Waals surface area contributed by atoms with Crippen molar-refractivity contribution in [3.63, 3.8) is 0 Å². The van der Waals surface area contributed by atoms with E-state index in [-0.39, 0.29) is 5.41 Å². The average Bonchev–Trinajstić information content (AvgIpc) is 3.65. The van der Waals surface area contributed by atoms with Crippen LogP contribution in [0.4, 0.5) is 0 Å². The molecule has 3 heterocycles. The summed E-state index contributed by atoms with van der Waals surface area (Å²) in [5, 5.41) is 2.55.